The Bertz CT molecular complexity index is 1550. The molecule has 0 aromatic heterocycles. The molecule has 1 unspecified atom stereocenters. The normalized spacial score (nSPS) is 17.2. The summed E-state index contributed by atoms with van der Waals surface area (Å²) in [4.78, 5) is 55.4. The molecular formula is C30H25N3O5S2. The number of nitrogens with one attached hydrogen (secondary N) is 1. The summed E-state index contributed by atoms with van der Waals surface area (Å²) in [6, 6.07) is 22.6. The van der Waals surface area contributed by atoms with Gasteiger partial charge in [-0.05, 0) is 49.7 Å². The van der Waals surface area contributed by atoms with Crippen LogP contribution in [0.25, 0.3) is 5.57 Å². The summed E-state index contributed by atoms with van der Waals surface area (Å²) >= 11 is 6.67. The first-order chi connectivity index (χ1) is 19.3. The average Bonchev–Trinajstić information content (AvgIpc) is 3.40. The Morgan fingerprint density at radius 3 is 2.33 bits per heavy atom. The van der Waals surface area contributed by atoms with E-state index in [1.54, 1.807) is 55.5 Å². The van der Waals surface area contributed by atoms with E-state index in [2.05, 4.69) is 5.32 Å². The number of carbonyl (C=O) groups is 4. The standard InChI is InChI=1S/C30H25N3O5S2/c1-3-38-29(37)20-13-15-21(16-14-20)31-24(34)17-32-23-12-8-7-11-22(23)25(27(32)35)26-28(36)33(30(39)40-26)18(2)19-9-5-4-6-10-19/h4-16,18H,3,17H2,1-2H3,(H,31,34). The Hall–Kier alpha value is -4.28. The number of rotatable bonds is 7. The van der Waals surface area contributed by atoms with Gasteiger partial charge < -0.3 is 10.1 Å². The zero-order valence-electron chi connectivity index (χ0n) is 21.7. The van der Waals surface area contributed by atoms with Crippen LogP contribution in [0.1, 0.15) is 41.4 Å². The molecule has 0 saturated carbocycles. The van der Waals surface area contributed by atoms with Gasteiger partial charge in [-0.3, -0.25) is 24.2 Å². The number of amides is 3. The summed E-state index contributed by atoms with van der Waals surface area (Å²) in [5, 5.41) is 2.76. The SMILES string of the molecule is CCOC(=O)c1ccc(NC(=O)CN2C(=O)C(=C3SC(=S)N(C(C)c4ccccc4)C3=O)c3ccccc32)cc1. The number of hydrogen-bond acceptors (Lipinski definition) is 7. The van der Waals surface area contributed by atoms with Crippen molar-refractivity contribution in [3.8, 4) is 0 Å². The molecule has 1 N–H and O–H groups in total. The first kappa shape index (κ1) is 27.3. The van der Waals surface area contributed by atoms with Crippen LogP contribution in [0.2, 0.25) is 0 Å². The van der Waals surface area contributed by atoms with Gasteiger partial charge in [0.05, 0.1) is 34.4 Å². The number of benzene rings is 3. The van der Waals surface area contributed by atoms with Crippen LogP contribution >= 0.6 is 24.0 Å². The van der Waals surface area contributed by atoms with Gasteiger partial charge in [0.25, 0.3) is 11.8 Å². The van der Waals surface area contributed by atoms with E-state index in [1.165, 1.54) is 9.80 Å². The molecule has 1 atom stereocenters. The molecule has 2 aliphatic heterocycles. The Balaban J connectivity index is 1.38. The van der Waals surface area contributed by atoms with Crippen LogP contribution in [-0.2, 0) is 19.1 Å². The molecule has 0 bridgehead atoms. The van der Waals surface area contributed by atoms with Gasteiger partial charge >= 0.3 is 5.97 Å². The Labute approximate surface area is 241 Å². The summed E-state index contributed by atoms with van der Waals surface area (Å²) < 4.78 is 5.35. The van der Waals surface area contributed by atoms with Crippen molar-refractivity contribution in [2.75, 3.05) is 23.4 Å². The highest BCUT2D eigenvalue weighted by Crippen LogP contribution is 2.46. The van der Waals surface area contributed by atoms with Gasteiger partial charge in [-0.15, -0.1) is 0 Å². The second-order valence-electron chi connectivity index (χ2n) is 9.09. The van der Waals surface area contributed by atoms with Crippen LogP contribution in [0.15, 0.2) is 83.8 Å². The van der Waals surface area contributed by atoms with Gasteiger partial charge in [0.2, 0.25) is 5.91 Å². The number of fused-ring (bicyclic) bond motifs is 1. The third-order valence-electron chi connectivity index (χ3n) is 6.60. The minimum Gasteiger partial charge on any atom is -0.462 e. The third kappa shape index (κ3) is 5.15. The quantitative estimate of drug-likeness (QED) is 0.237. The van der Waals surface area contributed by atoms with Gasteiger partial charge in [0.1, 0.15) is 10.9 Å². The predicted octanol–water partition coefficient (Wildman–Crippen LogP) is 5.18. The molecule has 2 aliphatic rings. The summed E-state index contributed by atoms with van der Waals surface area (Å²) in [7, 11) is 0. The molecule has 1 fully saturated rings. The van der Waals surface area contributed by atoms with E-state index < -0.39 is 17.8 Å². The van der Waals surface area contributed by atoms with Crippen molar-refractivity contribution in [1.82, 2.24) is 4.90 Å². The third-order valence-corrected chi connectivity index (χ3v) is 8.00. The zero-order valence-corrected chi connectivity index (χ0v) is 23.4. The first-order valence-corrected chi connectivity index (χ1v) is 13.9. The van der Waals surface area contributed by atoms with Crippen LogP contribution in [0.3, 0.4) is 0 Å². The topological polar surface area (TPSA) is 96.0 Å². The Morgan fingerprint density at radius 2 is 1.62 bits per heavy atom. The summed E-state index contributed by atoms with van der Waals surface area (Å²) in [5.74, 6) is -1.66. The summed E-state index contributed by atoms with van der Waals surface area (Å²) in [6.45, 7) is 3.62. The van der Waals surface area contributed by atoms with E-state index in [1.807, 2.05) is 37.3 Å². The molecule has 1 saturated heterocycles. The molecule has 3 aromatic carbocycles. The van der Waals surface area contributed by atoms with Crippen molar-refractivity contribution in [1.29, 1.82) is 0 Å². The minimum atomic E-state index is -0.448. The maximum atomic E-state index is 13.7. The number of thiocarbonyl (C=S) groups is 1. The highest BCUT2D eigenvalue weighted by molar-refractivity contribution is 8.26. The molecule has 0 spiro atoms. The average molecular weight is 572 g/mol. The lowest BCUT2D eigenvalue weighted by atomic mass is 10.1. The maximum absolute atomic E-state index is 13.7. The number of hydrogen-bond donors (Lipinski definition) is 1. The highest BCUT2D eigenvalue weighted by atomic mass is 32.2. The smallest absolute Gasteiger partial charge is 0.338 e. The molecule has 0 radical (unpaired) electrons. The lowest BCUT2D eigenvalue weighted by Crippen LogP contribution is -2.35. The monoisotopic (exact) mass is 571 g/mol. The van der Waals surface area contributed by atoms with Crippen molar-refractivity contribution in [2.45, 2.75) is 19.9 Å². The molecule has 8 nitrogen and oxygen atoms in total. The molecule has 3 amide bonds. The molecule has 5 rings (SSSR count). The summed E-state index contributed by atoms with van der Waals surface area (Å²) in [5.41, 5.74) is 3.11. The number of ether oxygens (including phenoxy) is 1. The number of nitrogens with zero attached hydrogens (tertiary/aromatic N) is 2. The Kier molecular flexibility index (Phi) is 7.81. The van der Waals surface area contributed by atoms with Gasteiger partial charge in [0.15, 0.2) is 0 Å². The van der Waals surface area contributed by atoms with Gasteiger partial charge in [-0.25, -0.2) is 4.79 Å². The molecule has 0 aliphatic carbocycles. The van der Waals surface area contributed by atoms with E-state index in [0.717, 1.165) is 17.3 Å². The van der Waals surface area contributed by atoms with E-state index in [4.69, 9.17) is 17.0 Å². The van der Waals surface area contributed by atoms with Crippen molar-refractivity contribution in [2.24, 2.45) is 0 Å². The van der Waals surface area contributed by atoms with Gasteiger partial charge in [-0.2, -0.15) is 0 Å². The van der Waals surface area contributed by atoms with Crippen LogP contribution in [-0.4, -0.2) is 46.1 Å². The van der Waals surface area contributed by atoms with E-state index in [0.29, 0.717) is 26.8 Å². The molecule has 40 heavy (non-hydrogen) atoms. The van der Waals surface area contributed by atoms with Crippen LogP contribution in [0, 0.1) is 0 Å². The van der Waals surface area contributed by atoms with Crippen molar-refractivity contribution in [3.63, 3.8) is 0 Å². The van der Waals surface area contributed by atoms with Gasteiger partial charge in [0, 0.05) is 11.3 Å². The van der Waals surface area contributed by atoms with E-state index in [9.17, 15) is 19.2 Å². The molecule has 3 aromatic rings. The first-order valence-electron chi connectivity index (χ1n) is 12.6. The van der Waals surface area contributed by atoms with Gasteiger partial charge in [-0.1, -0.05) is 72.5 Å². The van der Waals surface area contributed by atoms with Crippen LogP contribution < -0.4 is 10.2 Å². The predicted molar refractivity (Wildman–Crippen MR) is 159 cm³/mol. The largest absolute Gasteiger partial charge is 0.462 e. The molecular weight excluding hydrogens is 546 g/mol. The number of esters is 1. The molecule has 202 valence electrons. The number of para-hydroxylation sites is 1. The molecule has 2 heterocycles. The van der Waals surface area contributed by atoms with Crippen molar-refractivity contribution in [3.05, 3.63) is 100 Å². The lowest BCUT2D eigenvalue weighted by molar-refractivity contribution is -0.123. The highest BCUT2D eigenvalue weighted by Gasteiger charge is 2.43. The lowest BCUT2D eigenvalue weighted by Gasteiger charge is -2.23. The van der Waals surface area contributed by atoms with E-state index in [-0.39, 0.29) is 35.6 Å². The Morgan fingerprint density at radius 1 is 0.950 bits per heavy atom. The summed E-state index contributed by atoms with van der Waals surface area (Å²) in [6.07, 6.45) is 0. The van der Waals surface area contributed by atoms with E-state index >= 15 is 0 Å². The second-order valence-corrected chi connectivity index (χ2v) is 10.7. The maximum Gasteiger partial charge on any atom is 0.338 e. The van der Waals surface area contributed by atoms with Crippen molar-refractivity contribution < 1.29 is 23.9 Å². The second kappa shape index (κ2) is 11.4. The molecule has 10 heteroatoms. The fourth-order valence-corrected chi connectivity index (χ4v) is 6.14. The fraction of sp³-hybridized carbons (Fsp3) is 0.167. The van der Waals surface area contributed by atoms with Crippen LogP contribution in [0.4, 0.5) is 11.4 Å². The number of carbonyl (C=O) groups excluding carboxylic acids is 4. The van der Waals surface area contributed by atoms with Crippen molar-refractivity contribution >= 4 is 68.9 Å². The number of anilines is 2. The number of thioether (sulfide) groups is 1. The fourth-order valence-electron chi connectivity index (χ4n) is 4.65. The minimum absolute atomic E-state index is 0.238. The van der Waals surface area contributed by atoms with Crippen LogP contribution in [0.5, 0.6) is 0 Å². The zero-order chi connectivity index (χ0) is 28.4.